The van der Waals surface area contributed by atoms with Crippen molar-refractivity contribution in [2.45, 2.75) is 13.5 Å². The van der Waals surface area contributed by atoms with Crippen molar-refractivity contribution in [3.8, 4) is 17.6 Å². The number of hydrogen-bond donors (Lipinski definition) is 2. The Balaban J connectivity index is 0.000000482. The largest absolute Gasteiger partial charge is 0.497 e. The molecule has 0 bridgehead atoms. The number of aliphatic imine (C=N–C) groups is 1. The van der Waals surface area contributed by atoms with Crippen LogP contribution in [-0.2, 0) is 16.1 Å². The molecule has 1 fully saturated rings. The van der Waals surface area contributed by atoms with E-state index in [0.717, 1.165) is 55.6 Å². The number of aryl methyl sites for hydroxylation is 1. The fraction of sp³-hybridized carbons (Fsp3) is 0.219. The number of benzene rings is 3. The standard InChI is InChI=1S/C28H29N3O.C4H4O4/c1-23-8-10-25(11-9-23)22-30-18-20-31(21-19-30)28(17-12-24-6-4-3-5-7-24)29-26-13-15-27(32-2)16-14-26;5-3(6)1-2-4(7)8/h3-11,13-16H,18-22H2,1-2H3;1-2H,(H,5,6)(H,7,8). The number of rotatable bonds is 6. The van der Waals surface area contributed by atoms with Crippen LogP contribution in [0.1, 0.15) is 16.7 Å². The SMILES string of the molecule is COc1ccc(N=C(C#Cc2ccccc2)N2CCN(Cc3ccc(C)cc3)CC2)cc1.O=C(O)C=CC(=O)O. The van der Waals surface area contributed by atoms with Crippen LogP contribution in [0.5, 0.6) is 5.75 Å². The van der Waals surface area contributed by atoms with Gasteiger partial charge in [-0.2, -0.15) is 0 Å². The molecule has 2 N–H and O–H groups in total. The molecule has 206 valence electrons. The molecule has 1 saturated heterocycles. The summed E-state index contributed by atoms with van der Waals surface area (Å²) in [6, 6.07) is 26.7. The molecule has 0 atom stereocenters. The molecule has 3 aromatic carbocycles. The minimum absolute atomic E-state index is 0.558. The van der Waals surface area contributed by atoms with Gasteiger partial charge in [0, 0.05) is 50.4 Å². The van der Waals surface area contributed by atoms with Gasteiger partial charge in [0.2, 0.25) is 0 Å². The van der Waals surface area contributed by atoms with E-state index in [-0.39, 0.29) is 0 Å². The van der Waals surface area contributed by atoms with Gasteiger partial charge in [0.25, 0.3) is 0 Å². The maximum absolute atomic E-state index is 9.55. The van der Waals surface area contributed by atoms with Gasteiger partial charge >= 0.3 is 11.9 Å². The fourth-order valence-electron chi connectivity index (χ4n) is 3.82. The highest BCUT2D eigenvalue weighted by molar-refractivity contribution is 6.00. The molecular formula is C32H33N3O5. The average molecular weight is 540 g/mol. The van der Waals surface area contributed by atoms with Crippen LogP contribution in [0.25, 0.3) is 0 Å². The topological polar surface area (TPSA) is 103 Å². The van der Waals surface area contributed by atoms with Crippen LogP contribution >= 0.6 is 0 Å². The number of piperazine rings is 1. The normalized spacial score (nSPS) is 13.6. The van der Waals surface area contributed by atoms with Crippen LogP contribution in [-0.4, -0.2) is 71.1 Å². The summed E-state index contributed by atoms with van der Waals surface area (Å²) in [6.07, 6.45) is 1.12. The molecule has 40 heavy (non-hydrogen) atoms. The third-order valence-electron chi connectivity index (χ3n) is 5.97. The molecule has 1 heterocycles. The van der Waals surface area contributed by atoms with E-state index in [0.29, 0.717) is 12.2 Å². The minimum atomic E-state index is -1.26. The van der Waals surface area contributed by atoms with E-state index >= 15 is 0 Å². The predicted molar refractivity (Wildman–Crippen MR) is 156 cm³/mol. The number of nitrogens with zero attached hydrogens (tertiary/aromatic N) is 3. The van der Waals surface area contributed by atoms with Gasteiger partial charge in [0.1, 0.15) is 5.75 Å². The molecule has 0 aliphatic carbocycles. The Kier molecular flexibility index (Phi) is 11.5. The maximum atomic E-state index is 9.55. The van der Waals surface area contributed by atoms with Crippen LogP contribution in [0.15, 0.2) is 96.0 Å². The van der Waals surface area contributed by atoms with Crippen molar-refractivity contribution in [2.75, 3.05) is 33.3 Å². The van der Waals surface area contributed by atoms with Gasteiger partial charge < -0.3 is 19.8 Å². The number of ether oxygens (including phenoxy) is 1. The van der Waals surface area contributed by atoms with Crippen LogP contribution in [0.4, 0.5) is 5.69 Å². The van der Waals surface area contributed by atoms with Gasteiger partial charge in [0.05, 0.1) is 12.8 Å². The van der Waals surface area contributed by atoms with Crippen molar-refractivity contribution in [2.24, 2.45) is 4.99 Å². The summed E-state index contributed by atoms with van der Waals surface area (Å²) < 4.78 is 5.27. The van der Waals surface area contributed by atoms with E-state index in [1.54, 1.807) is 7.11 Å². The summed E-state index contributed by atoms with van der Waals surface area (Å²) in [5, 5.41) is 15.6. The molecule has 0 radical (unpaired) electrons. The molecule has 1 aliphatic rings. The quantitative estimate of drug-likeness (QED) is 0.204. The van der Waals surface area contributed by atoms with E-state index < -0.39 is 11.9 Å². The number of carboxylic acid groups (broad SMARTS) is 2. The Morgan fingerprint density at radius 3 is 2.02 bits per heavy atom. The van der Waals surface area contributed by atoms with Crippen LogP contribution < -0.4 is 4.74 Å². The first-order valence-corrected chi connectivity index (χ1v) is 12.8. The van der Waals surface area contributed by atoms with Crippen molar-refractivity contribution in [1.82, 2.24) is 9.80 Å². The third kappa shape index (κ3) is 10.5. The molecule has 0 spiro atoms. The molecule has 4 rings (SSSR count). The van der Waals surface area contributed by atoms with E-state index in [1.807, 2.05) is 54.6 Å². The molecular weight excluding hydrogens is 506 g/mol. The second-order valence-corrected chi connectivity index (χ2v) is 9.01. The Morgan fingerprint density at radius 1 is 0.875 bits per heavy atom. The smallest absolute Gasteiger partial charge is 0.328 e. The van der Waals surface area contributed by atoms with Crippen LogP contribution in [0.2, 0.25) is 0 Å². The summed E-state index contributed by atoms with van der Waals surface area (Å²) in [5.41, 5.74) is 4.54. The predicted octanol–water partition coefficient (Wildman–Crippen LogP) is 4.61. The molecule has 0 unspecified atom stereocenters. The lowest BCUT2D eigenvalue weighted by molar-refractivity contribution is -0.134. The summed E-state index contributed by atoms with van der Waals surface area (Å²) in [6.45, 7) is 6.90. The summed E-state index contributed by atoms with van der Waals surface area (Å²) >= 11 is 0. The molecule has 8 heteroatoms. The van der Waals surface area contributed by atoms with Gasteiger partial charge in [-0.15, -0.1) is 0 Å². The molecule has 3 aromatic rings. The number of amidine groups is 1. The van der Waals surface area contributed by atoms with Crippen molar-refractivity contribution in [3.63, 3.8) is 0 Å². The highest BCUT2D eigenvalue weighted by Crippen LogP contribution is 2.19. The van der Waals surface area contributed by atoms with E-state index in [9.17, 15) is 9.59 Å². The van der Waals surface area contributed by atoms with Crippen molar-refractivity contribution in [3.05, 3.63) is 108 Å². The molecule has 0 saturated carbocycles. The summed E-state index contributed by atoms with van der Waals surface area (Å²) in [4.78, 5) is 28.8. The van der Waals surface area contributed by atoms with Gasteiger partial charge in [0.15, 0.2) is 5.84 Å². The molecule has 0 amide bonds. The zero-order valence-electron chi connectivity index (χ0n) is 22.7. The summed E-state index contributed by atoms with van der Waals surface area (Å²) in [7, 11) is 1.67. The fourth-order valence-corrected chi connectivity index (χ4v) is 3.82. The van der Waals surface area contributed by atoms with Gasteiger partial charge in [-0.05, 0) is 54.8 Å². The first kappa shape index (κ1) is 29.7. The van der Waals surface area contributed by atoms with Crippen molar-refractivity contribution >= 4 is 23.5 Å². The zero-order valence-corrected chi connectivity index (χ0v) is 22.7. The second-order valence-electron chi connectivity index (χ2n) is 9.01. The van der Waals surface area contributed by atoms with Gasteiger partial charge in [-0.1, -0.05) is 53.9 Å². The monoisotopic (exact) mass is 539 g/mol. The zero-order chi connectivity index (χ0) is 28.7. The van der Waals surface area contributed by atoms with Crippen molar-refractivity contribution in [1.29, 1.82) is 0 Å². The lowest BCUT2D eigenvalue weighted by Crippen LogP contribution is -2.48. The number of methoxy groups -OCH3 is 1. The maximum Gasteiger partial charge on any atom is 0.328 e. The Labute approximate surface area is 234 Å². The highest BCUT2D eigenvalue weighted by atomic mass is 16.5. The Hall–Kier alpha value is -4.87. The summed E-state index contributed by atoms with van der Waals surface area (Å²) in [5.74, 6) is 5.73. The van der Waals surface area contributed by atoms with E-state index in [1.165, 1.54) is 11.1 Å². The minimum Gasteiger partial charge on any atom is -0.497 e. The third-order valence-corrected chi connectivity index (χ3v) is 5.97. The van der Waals surface area contributed by atoms with Gasteiger partial charge in [-0.3, -0.25) is 4.90 Å². The molecule has 8 nitrogen and oxygen atoms in total. The Morgan fingerprint density at radius 2 is 1.48 bits per heavy atom. The first-order valence-electron chi connectivity index (χ1n) is 12.8. The lowest BCUT2D eigenvalue weighted by Gasteiger charge is -2.35. The Bertz CT molecular complexity index is 1350. The van der Waals surface area contributed by atoms with E-state index in [2.05, 4.69) is 52.8 Å². The first-order chi connectivity index (χ1) is 19.3. The van der Waals surface area contributed by atoms with Crippen LogP contribution in [0, 0.1) is 18.8 Å². The average Bonchev–Trinajstić information content (AvgIpc) is 2.97. The van der Waals surface area contributed by atoms with E-state index in [4.69, 9.17) is 19.9 Å². The highest BCUT2D eigenvalue weighted by Gasteiger charge is 2.19. The number of carboxylic acids is 2. The number of aliphatic carboxylic acids is 2. The van der Waals surface area contributed by atoms with Crippen LogP contribution in [0.3, 0.4) is 0 Å². The number of hydrogen-bond acceptors (Lipinski definition) is 5. The lowest BCUT2D eigenvalue weighted by atomic mass is 10.1. The van der Waals surface area contributed by atoms with Gasteiger partial charge in [-0.25, -0.2) is 14.6 Å². The van der Waals surface area contributed by atoms with Crippen molar-refractivity contribution < 1.29 is 24.5 Å². The molecule has 0 aromatic heterocycles. The molecule has 1 aliphatic heterocycles. The second kappa shape index (κ2) is 15.5. The number of carbonyl (C=O) groups is 2.